The Labute approximate surface area is 79.0 Å². The van der Waals surface area contributed by atoms with Gasteiger partial charge in [-0.05, 0) is 0 Å². The first-order valence-electron chi connectivity index (χ1n) is 2.34. The number of nitrogens with one attached hydrogen (secondary N) is 1. The molecule has 1 aliphatic heterocycles. The van der Waals surface area contributed by atoms with E-state index in [1.807, 2.05) is 5.32 Å². The number of ether oxygens (including phenoxy) is 1. The summed E-state index contributed by atoms with van der Waals surface area (Å²) < 4.78 is 4.26. The van der Waals surface area contributed by atoms with Gasteiger partial charge in [0.15, 0.2) is 0 Å². The molecule has 6 heteroatoms. The van der Waals surface area contributed by atoms with E-state index < -0.39 is 18.1 Å². The molecule has 1 saturated heterocycles. The van der Waals surface area contributed by atoms with Gasteiger partial charge in [-0.3, -0.25) is 0 Å². The Morgan fingerprint density at radius 1 is 1.80 bits per heavy atom. The van der Waals surface area contributed by atoms with Crippen LogP contribution in [0.2, 0.25) is 0 Å². The topological polar surface area (TPSA) is 78.5 Å². The van der Waals surface area contributed by atoms with E-state index in [9.17, 15) is 14.7 Å². The number of cyclic esters (lactones) is 1. The summed E-state index contributed by atoms with van der Waals surface area (Å²) in [6.07, 6.45) is -0.704. The molecule has 1 aliphatic rings. The molecular weight excluding hydrogens is 149 g/mol. The fraction of sp³-hybridized carbons (Fsp3) is 0.500. The maximum atomic E-state index is 10.1. The van der Waals surface area contributed by atoms with Gasteiger partial charge in [0.2, 0.25) is 0 Å². The van der Waals surface area contributed by atoms with Crippen LogP contribution >= 0.6 is 0 Å². The summed E-state index contributed by atoms with van der Waals surface area (Å²) in [6.45, 7) is -0.138. The molecule has 0 aliphatic carbocycles. The molecule has 50 valence electrons. The first-order valence-corrected chi connectivity index (χ1v) is 2.34. The normalized spacial score (nSPS) is 22.4. The third-order valence-corrected chi connectivity index (χ3v) is 0.958. The Hall–Kier alpha value is -0.260. The second-order valence-corrected chi connectivity index (χ2v) is 1.61. The van der Waals surface area contributed by atoms with Gasteiger partial charge in [0.25, 0.3) is 0 Å². The number of carboxylic acids is 1. The van der Waals surface area contributed by atoms with E-state index in [4.69, 9.17) is 0 Å². The van der Waals surface area contributed by atoms with E-state index in [2.05, 4.69) is 4.74 Å². The monoisotopic (exact) mass is 153 g/mol. The van der Waals surface area contributed by atoms with Crippen molar-refractivity contribution in [3.63, 3.8) is 0 Å². The molecule has 0 aromatic rings. The summed E-state index contributed by atoms with van der Waals surface area (Å²) in [6, 6.07) is -0.975. The maximum absolute atomic E-state index is 10.1. The van der Waals surface area contributed by atoms with Crippen LogP contribution in [0.1, 0.15) is 0 Å². The summed E-state index contributed by atoms with van der Waals surface area (Å²) >= 11 is 0. The average molecular weight is 153 g/mol. The molecule has 1 heterocycles. The zero-order chi connectivity index (χ0) is 6.85. The fourth-order valence-corrected chi connectivity index (χ4v) is 0.512. The molecule has 0 bridgehead atoms. The van der Waals surface area contributed by atoms with E-state index in [1.54, 1.807) is 0 Å². The van der Waals surface area contributed by atoms with Crippen LogP contribution in [0.4, 0.5) is 4.79 Å². The minimum atomic E-state index is -1.32. The van der Waals surface area contributed by atoms with E-state index >= 15 is 0 Å². The van der Waals surface area contributed by atoms with Crippen LogP contribution in [0.3, 0.4) is 0 Å². The number of carboxylic acid groups (broad SMARTS) is 1. The predicted octanol–water partition coefficient (Wildman–Crippen LogP) is -5.15. The molecule has 0 spiro atoms. The van der Waals surface area contributed by atoms with E-state index in [0.717, 1.165) is 0 Å². The van der Waals surface area contributed by atoms with Crippen molar-refractivity contribution in [2.45, 2.75) is 6.04 Å². The number of hydrogen-bond donors (Lipinski definition) is 1. The quantitative estimate of drug-likeness (QED) is 0.382. The van der Waals surface area contributed by atoms with Crippen molar-refractivity contribution in [3.8, 4) is 0 Å². The number of aliphatic carboxylic acids is 1. The van der Waals surface area contributed by atoms with Gasteiger partial charge in [0, 0.05) is 0 Å². The van der Waals surface area contributed by atoms with Crippen molar-refractivity contribution in [1.82, 2.24) is 5.32 Å². The Morgan fingerprint density at radius 2 is 2.40 bits per heavy atom. The van der Waals surface area contributed by atoms with E-state index in [0.29, 0.717) is 0 Å². The number of amides is 1. The second kappa shape index (κ2) is 3.80. The van der Waals surface area contributed by atoms with Crippen LogP contribution in [-0.4, -0.2) is 24.7 Å². The van der Waals surface area contributed by atoms with Gasteiger partial charge in [-0.25, -0.2) is 4.79 Å². The van der Waals surface area contributed by atoms with Crippen molar-refractivity contribution >= 4 is 12.1 Å². The molecule has 1 amide bonds. The number of hydrogen-bond acceptors (Lipinski definition) is 4. The van der Waals surface area contributed by atoms with E-state index in [-0.39, 0.29) is 36.2 Å². The van der Waals surface area contributed by atoms with Crippen LogP contribution in [0.25, 0.3) is 0 Å². The molecule has 0 saturated carbocycles. The number of rotatable bonds is 1. The Morgan fingerprint density at radius 3 is 2.60 bits per heavy atom. The van der Waals surface area contributed by atoms with E-state index in [1.165, 1.54) is 0 Å². The standard InChI is InChI=1S/C4H5NO4.Na/c6-3(7)2-1-9-4(8)5-2;/h2H,1H2,(H,5,8)(H,6,7);/q;+1/p-1/t2-;/m1./s1. The van der Waals surface area contributed by atoms with Gasteiger partial charge < -0.3 is 20.0 Å². The minimum Gasteiger partial charge on any atom is -0.548 e. The van der Waals surface area contributed by atoms with Crippen LogP contribution in [0.5, 0.6) is 0 Å². The smallest absolute Gasteiger partial charge is 0.548 e. The van der Waals surface area contributed by atoms with Crippen LogP contribution < -0.4 is 40.0 Å². The molecule has 1 N–H and O–H groups in total. The average Bonchev–Trinajstić information content (AvgIpc) is 2.14. The molecule has 1 rings (SSSR count). The molecule has 0 radical (unpaired) electrons. The van der Waals surface area contributed by atoms with Gasteiger partial charge in [-0.2, -0.15) is 0 Å². The third-order valence-electron chi connectivity index (χ3n) is 0.958. The number of carbonyl (C=O) groups excluding carboxylic acids is 2. The Balaban J connectivity index is 0.000000810. The van der Waals surface area contributed by atoms with Gasteiger partial charge in [-0.15, -0.1) is 0 Å². The van der Waals surface area contributed by atoms with Crippen molar-refractivity contribution in [1.29, 1.82) is 0 Å². The molecular formula is C4H4NNaO4. The van der Waals surface area contributed by atoms with Gasteiger partial charge in [0.1, 0.15) is 12.6 Å². The summed E-state index contributed by atoms with van der Waals surface area (Å²) in [5.41, 5.74) is 0. The SMILES string of the molecule is O=C1N[C@@H](C(=O)[O-])CO1.[Na+]. The van der Waals surface area contributed by atoms with Crippen LogP contribution in [0.15, 0.2) is 0 Å². The molecule has 10 heavy (non-hydrogen) atoms. The van der Waals surface area contributed by atoms with Crippen LogP contribution in [-0.2, 0) is 9.53 Å². The molecule has 1 atom stereocenters. The third kappa shape index (κ3) is 2.17. The van der Waals surface area contributed by atoms with Gasteiger partial charge >= 0.3 is 35.7 Å². The zero-order valence-electron chi connectivity index (χ0n) is 5.42. The first kappa shape index (κ1) is 9.74. The molecule has 0 aromatic heterocycles. The van der Waals surface area contributed by atoms with Crippen molar-refractivity contribution in [3.05, 3.63) is 0 Å². The summed E-state index contributed by atoms with van der Waals surface area (Å²) in [5, 5.41) is 12.0. The van der Waals surface area contributed by atoms with Crippen LogP contribution in [0, 0.1) is 0 Å². The minimum absolute atomic E-state index is 0. The Kier molecular flexibility index (Phi) is 3.70. The molecule has 5 nitrogen and oxygen atoms in total. The molecule has 0 unspecified atom stereocenters. The molecule has 0 aromatic carbocycles. The van der Waals surface area contributed by atoms with Crippen molar-refractivity contribution < 1.29 is 49.0 Å². The summed E-state index contributed by atoms with van der Waals surface area (Å²) in [4.78, 5) is 20.1. The van der Waals surface area contributed by atoms with Crippen molar-refractivity contribution in [2.75, 3.05) is 6.61 Å². The second-order valence-electron chi connectivity index (χ2n) is 1.61. The zero-order valence-corrected chi connectivity index (χ0v) is 7.42. The number of alkyl carbamates (subject to hydrolysis) is 1. The van der Waals surface area contributed by atoms with Gasteiger partial charge in [0.05, 0.1) is 5.97 Å². The number of carbonyl (C=O) groups is 2. The summed E-state index contributed by atoms with van der Waals surface area (Å²) in [7, 11) is 0. The van der Waals surface area contributed by atoms with Crippen molar-refractivity contribution in [2.24, 2.45) is 0 Å². The maximum Gasteiger partial charge on any atom is 1.00 e. The molecule has 1 fully saturated rings. The fourth-order valence-electron chi connectivity index (χ4n) is 0.512. The predicted molar refractivity (Wildman–Crippen MR) is 23.3 cm³/mol. The van der Waals surface area contributed by atoms with Gasteiger partial charge in [-0.1, -0.05) is 0 Å². The summed E-state index contributed by atoms with van der Waals surface area (Å²) in [5.74, 6) is -1.32. The Bertz CT molecular complexity index is 159. The first-order chi connectivity index (χ1) is 4.20. The largest absolute Gasteiger partial charge is 1.00 e.